The van der Waals surface area contributed by atoms with Gasteiger partial charge in [0, 0.05) is 37.8 Å². The average molecular weight is 263 g/mol. The second-order valence-corrected chi connectivity index (χ2v) is 4.43. The number of nitrogens with one attached hydrogen (secondary N) is 2. The minimum atomic E-state index is -0.216. The van der Waals surface area contributed by atoms with Crippen molar-refractivity contribution in [3.8, 4) is 0 Å². The molecular formula is C12H17N5O2. The highest BCUT2D eigenvalue weighted by atomic mass is 16.2. The SMILES string of the molecule is CC[C@@H](Cn1ccnc1)NC(=O)C1=NNC(=O)CC1. The summed E-state index contributed by atoms with van der Waals surface area (Å²) in [4.78, 5) is 26.9. The van der Waals surface area contributed by atoms with Gasteiger partial charge in [-0.05, 0) is 6.42 Å². The van der Waals surface area contributed by atoms with Crippen LogP contribution in [0.5, 0.6) is 0 Å². The van der Waals surface area contributed by atoms with Gasteiger partial charge in [0.1, 0.15) is 5.71 Å². The molecule has 7 nitrogen and oxygen atoms in total. The van der Waals surface area contributed by atoms with E-state index in [1.165, 1.54) is 0 Å². The van der Waals surface area contributed by atoms with Crippen molar-refractivity contribution in [1.29, 1.82) is 0 Å². The van der Waals surface area contributed by atoms with Crippen LogP contribution in [0.3, 0.4) is 0 Å². The Morgan fingerprint density at radius 3 is 3.00 bits per heavy atom. The molecule has 2 rings (SSSR count). The van der Waals surface area contributed by atoms with Gasteiger partial charge in [-0.1, -0.05) is 6.92 Å². The normalized spacial score (nSPS) is 16.5. The van der Waals surface area contributed by atoms with Crippen LogP contribution >= 0.6 is 0 Å². The molecule has 0 unspecified atom stereocenters. The van der Waals surface area contributed by atoms with Crippen LogP contribution in [0, 0.1) is 0 Å². The average Bonchev–Trinajstić information content (AvgIpc) is 2.91. The van der Waals surface area contributed by atoms with E-state index in [-0.39, 0.29) is 17.9 Å². The maximum atomic E-state index is 12.0. The van der Waals surface area contributed by atoms with Gasteiger partial charge in [-0.2, -0.15) is 5.10 Å². The fourth-order valence-electron chi connectivity index (χ4n) is 1.83. The smallest absolute Gasteiger partial charge is 0.267 e. The molecule has 0 fully saturated rings. The maximum Gasteiger partial charge on any atom is 0.267 e. The van der Waals surface area contributed by atoms with Crippen molar-refractivity contribution in [3.05, 3.63) is 18.7 Å². The Labute approximate surface area is 111 Å². The van der Waals surface area contributed by atoms with Gasteiger partial charge in [0.05, 0.1) is 6.33 Å². The molecule has 19 heavy (non-hydrogen) atoms. The number of amides is 2. The number of rotatable bonds is 5. The van der Waals surface area contributed by atoms with Crippen LogP contribution in [0.25, 0.3) is 0 Å². The lowest BCUT2D eigenvalue weighted by atomic mass is 10.1. The van der Waals surface area contributed by atoms with E-state index in [0.29, 0.717) is 25.1 Å². The van der Waals surface area contributed by atoms with Crippen LogP contribution < -0.4 is 10.7 Å². The number of carbonyl (C=O) groups is 2. The molecule has 0 bridgehead atoms. The Bertz CT molecular complexity index is 480. The largest absolute Gasteiger partial charge is 0.346 e. The Morgan fingerprint density at radius 2 is 2.42 bits per heavy atom. The molecule has 2 amide bonds. The molecule has 102 valence electrons. The zero-order valence-corrected chi connectivity index (χ0v) is 10.8. The zero-order chi connectivity index (χ0) is 13.7. The number of carbonyl (C=O) groups excluding carboxylic acids is 2. The first kappa shape index (κ1) is 13.3. The highest BCUT2D eigenvalue weighted by molar-refractivity contribution is 6.39. The monoisotopic (exact) mass is 263 g/mol. The number of imidazole rings is 1. The van der Waals surface area contributed by atoms with Crippen LogP contribution in [0.15, 0.2) is 23.8 Å². The molecule has 1 atom stereocenters. The number of hydrogen-bond acceptors (Lipinski definition) is 4. The molecule has 1 aliphatic rings. The number of hydrogen-bond donors (Lipinski definition) is 2. The molecule has 1 aromatic heterocycles. The summed E-state index contributed by atoms with van der Waals surface area (Å²) >= 11 is 0. The van der Waals surface area contributed by atoms with Crippen LogP contribution in [0.2, 0.25) is 0 Å². The molecule has 0 saturated carbocycles. The topological polar surface area (TPSA) is 88.4 Å². The molecule has 1 aromatic rings. The highest BCUT2D eigenvalue weighted by Crippen LogP contribution is 2.02. The van der Waals surface area contributed by atoms with Gasteiger partial charge in [-0.15, -0.1) is 0 Å². The summed E-state index contributed by atoms with van der Waals surface area (Å²) in [6, 6.07) is 0.0158. The lowest BCUT2D eigenvalue weighted by molar-refractivity contribution is -0.121. The first-order chi connectivity index (χ1) is 9.19. The Kier molecular flexibility index (Phi) is 4.27. The van der Waals surface area contributed by atoms with E-state index in [1.807, 2.05) is 17.7 Å². The summed E-state index contributed by atoms with van der Waals surface area (Å²) in [5, 5.41) is 6.70. The molecule has 1 aliphatic heterocycles. The standard InChI is InChI=1S/C12H17N5O2/c1-2-9(7-17-6-5-13-8-17)14-12(19)10-3-4-11(18)16-15-10/h5-6,8-9H,2-4,7H2,1H3,(H,14,19)(H,16,18)/t9-/m0/s1. The summed E-state index contributed by atoms with van der Waals surface area (Å²) in [5.74, 6) is -0.367. The minimum absolute atomic E-state index is 0.0158. The number of nitrogens with zero attached hydrogens (tertiary/aromatic N) is 3. The third-order valence-electron chi connectivity index (χ3n) is 2.98. The van der Waals surface area contributed by atoms with Crippen molar-refractivity contribution >= 4 is 17.5 Å². The Morgan fingerprint density at radius 1 is 1.58 bits per heavy atom. The van der Waals surface area contributed by atoms with Gasteiger partial charge >= 0.3 is 0 Å². The molecule has 2 N–H and O–H groups in total. The molecule has 0 radical (unpaired) electrons. The predicted molar refractivity (Wildman–Crippen MR) is 69.3 cm³/mol. The van der Waals surface area contributed by atoms with Gasteiger partial charge in [0.2, 0.25) is 5.91 Å². The summed E-state index contributed by atoms with van der Waals surface area (Å²) in [5.41, 5.74) is 2.70. The third-order valence-corrected chi connectivity index (χ3v) is 2.98. The summed E-state index contributed by atoms with van der Waals surface area (Å²) in [7, 11) is 0. The van der Waals surface area contributed by atoms with E-state index in [9.17, 15) is 9.59 Å². The van der Waals surface area contributed by atoms with Crippen molar-refractivity contribution in [2.24, 2.45) is 5.10 Å². The fraction of sp³-hybridized carbons (Fsp3) is 0.500. The van der Waals surface area contributed by atoms with Crippen molar-refractivity contribution < 1.29 is 9.59 Å². The van der Waals surface area contributed by atoms with Crippen LogP contribution in [0.4, 0.5) is 0 Å². The fourth-order valence-corrected chi connectivity index (χ4v) is 1.83. The second kappa shape index (κ2) is 6.12. The summed E-state index contributed by atoms with van der Waals surface area (Å²) in [6.45, 7) is 2.67. The lowest BCUT2D eigenvalue weighted by Gasteiger charge is -2.19. The van der Waals surface area contributed by atoms with Gasteiger partial charge in [0.15, 0.2) is 0 Å². The van der Waals surface area contributed by atoms with E-state index in [4.69, 9.17) is 0 Å². The van der Waals surface area contributed by atoms with E-state index in [0.717, 1.165) is 6.42 Å². The number of aromatic nitrogens is 2. The van der Waals surface area contributed by atoms with E-state index < -0.39 is 0 Å². The van der Waals surface area contributed by atoms with Crippen molar-refractivity contribution in [2.45, 2.75) is 38.8 Å². The molecule has 0 saturated heterocycles. The molecule has 7 heteroatoms. The van der Waals surface area contributed by atoms with Crippen molar-refractivity contribution in [2.75, 3.05) is 0 Å². The predicted octanol–water partition coefficient (Wildman–Crippen LogP) is 0.0439. The Hall–Kier alpha value is -2.18. The van der Waals surface area contributed by atoms with Gasteiger partial charge in [-0.25, -0.2) is 10.4 Å². The van der Waals surface area contributed by atoms with Gasteiger partial charge in [0.25, 0.3) is 5.91 Å². The zero-order valence-electron chi connectivity index (χ0n) is 10.8. The van der Waals surface area contributed by atoms with Crippen molar-refractivity contribution in [1.82, 2.24) is 20.3 Å². The minimum Gasteiger partial charge on any atom is -0.346 e. The summed E-state index contributed by atoms with van der Waals surface area (Å²) in [6.07, 6.45) is 6.78. The van der Waals surface area contributed by atoms with Gasteiger partial charge < -0.3 is 9.88 Å². The molecule has 2 heterocycles. The molecular weight excluding hydrogens is 246 g/mol. The first-order valence-electron chi connectivity index (χ1n) is 6.31. The highest BCUT2D eigenvalue weighted by Gasteiger charge is 2.20. The van der Waals surface area contributed by atoms with Crippen LogP contribution in [-0.2, 0) is 16.1 Å². The summed E-state index contributed by atoms with van der Waals surface area (Å²) < 4.78 is 1.92. The maximum absolute atomic E-state index is 12.0. The van der Waals surface area contributed by atoms with Gasteiger partial charge in [-0.3, -0.25) is 9.59 Å². The first-order valence-corrected chi connectivity index (χ1v) is 6.31. The van der Waals surface area contributed by atoms with Crippen molar-refractivity contribution in [3.63, 3.8) is 0 Å². The van der Waals surface area contributed by atoms with Crippen LogP contribution in [0.1, 0.15) is 26.2 Å². The number of hydrazone groups is 1. The third kappa shape index (κ3) is 3.64. The second-order valence-electron chi connectivity index (χ2n) is 4.43. The van der Waals surface area contributed by atoms with E-state index in [1.54, 1.807) is 12.5 Å². The Balaban J connectivity index is 1.91. The lowest BCUT2D eigenvalue weighted by Crippen LogP contribution is -2.43. The van der Waals surface area contributed by atoms with Crippen LogP contribution in [-0.4, -0.2) is 33.1 Å². The van der Waals surface area contributed by atoms with E-state index in [2.05, 4.69) is 20.8 Å². The molecule has 0 aromatic carbocycles. The quantitative estimate of drug-likeness (QED) is 0.786. The molecule has 0 spiro atoms. The van der Waals surface area contributed by atoms with E-state index >= 15 is 0 Å². The molecule has 0 aliphatic carbocycles.